The molecule has 2 rings (SSSR count). The van der Waals surface area contributed by atoms with Crippen molar-refractivity contribution in [3.8, 4) is 5.75 Å². The van der Waals surface area contributed by atoms with Gasteiger partial charge in [-0.25, -0.2) is 0 Å². The van der Waals surface area contributed by atoms with Crippen LogP contribution in [0.3, 0.4) is 0 Å². The lowest BCUT2D eigenvalue weighted by Crippen LogP contribution is -2.37. The van der Waals surface area contributed by atoms with Crippen LogP contribution in [0.15, 0.2) is 24.3 Å². The van der Waals surface area contributed by atoms with Gasteiger partial charge in [0.05, 0.1) is 0 Å². The third kappa shape index (κ3) is 3.47. The molecule has 0 saturated carbocycles. The molecular formula is C15H23NO. The summed E-state index contributed by atoms with van der Waals surface area (Å²) in [5.74, 6) is 1.64. The summed E-state index contributed by atoms with van der Waals surface area (Å²) >= 11 is 0. The summed E-state index contributed by atoms with van der Waals surface area (Å²) in [5, 5.41) is 3.37. The second-order valence-electron chi connectivity index (χ2n) is 4.96. The van der Waals surface area contributed by atoms with Gasteiger partial charge in [-0.2, -0.15) is 0 Å². The van der Waals surface area contributed by atoms with Crippen molar-refractivity contribution < 1.29 is 4.74 Å². The van der Waals surface area contributed by atoms with E-state index in [9.17, 15) is 0 Å². The quantitative estimate of drug-likeness (QED) is 0.861. The lowest BCUT2D eigenvalue weighted by Gasteiger charge is -2.24. The number of hydrogen-bond acceptors (Lipinski definition) is 2. The molecule has 1 saturated heterocycles. The number of rotatable bonds is 4. The van der Waals surface area contributed by atoms with Crippen molar-refractivity contribution >= 4 is 0 Å². The highest BCUT2D eigenvalue weighted by molar-refractivity contribution is 5.29. The highest BCUT2D eigenvalue weighted by Crippen LogP contribution is 2.22. The van der Waals surface area contributed by atoms with Gasteiger partial charge in [0, 0.05) is 6.54 Å². The second-order valence-corrected chi connectivity index (χ2v) is 4.96. The van der Waals surface area contributed by atoms with E-state index in [4.69, 9.17) is 4.74 Å². The summed E-state index contributed by atoms with van der Waals surface area (Å²) in [6.07, 6.45) is 3.92. The SMILES string of the molecule is CC[C@@H](C)c1ccc(O[C@@H]2CCCNC2)cc1. The molecule has 0 bridgehead atoms. The Morgan fingerprint density at radius 1 is 1.35 bits per heavy atom. The molecule has 1 aromatic carbocycles. The summed E-state index contributed by atoms with van der Waals surface area (Å²) in [4.78, 5) is 0. The van der Waals surface area contributed by atoms with E-state index in [1.54, 1.807) is 0 Å². The lowest BCUT2D eigenvalue weighted by atomic mass is 9.99. The molecular weight excluding hydrogens is 210 g/mol. The molecule has 1 heterocycles. The first-order valence-corrected chi connectivity index (χ1v) is 6.77. The molecule has 1 N–H and O–H groups in total. The average Bonchev–Trinajstić information content (AvgIpc) is 2.40. The van der Waals surface area contributed by atoms with E-state index in [2.05, 4.69) is 43.4 Å². The summed E-state index contributed by atoms with van der Waals surface area (Å²) in [5.41, 5.74) is 1.40. The molecule has 0 radical (unpaired) electrons. The van der Waals surface area contributed by atoms with E-state index in [1.807, 2.05) is 0 Å². The van der Waals surface area contributed by atoms with Crippen molar-refractivity contribution in [3.05, 3.63) is 29.8 Å². The van der Waals surface area contributed by atoms with Crippen LogP contribution in [0.25, 0.3) is 0 Å². The lowest BCUT2D eigenvalue weighted by molar-refractivity contribution is 0.167. The molecule has 0 spiro atoms. The first kappa shape index (κ1) is 12.4. The molecule has 0 unspecified atom stereocenters. The Labute approximate surface area is 104 Å². The smallest absolute Gasteiger partial charge is 0.119 e. The fourth-order valence-corrected chi connectivity index (χ4v) is 2.22. The third-order valence-electron chi connectivity index (χ3n) is 3.62. The van der Waals surface area contributed by atoms with E-state index >= 15 is 0 Å². The van der Waals surface area contributed by atoms with Gasteiger partial charge in [-0.1, -0.05) is 26.0 Å². The van der Waals surface area contributed by atoms with Gasteiger partial charge in [0.15, 0.2) is 0 Å². The van der Waals surface area contributed by atoms with Gasteiger partial charge >= 0.3 is 0 Å². The summed E-state index contributed by atoms with van der Waals surface area (Å²) in [6.45, 7) is 6.60. The van der Waals surface area contributed by atoms with Gasteiger partial charge in [0.25, 0.3) is 0 Å². The number of piperidine rings is 1. The Kier molecular flexibility index (Phi) is 4.43. The van der Waals surface area contributed by atoms with E-state index < -0.39 is 0 Å². The first-order valence-electron chi connectivity index (χ1n) is 6.77. The van der Waals surface area contributed by atoms with Gasteiger partial charge < -0.3 is 10.1 Å². The van der Waals surface area contributed by atoms with Crippen molar-refractivity contribution in [2.24, 2.45) is 0 Å². The van der Waals surface area contributed by atoms with Gasteiger partial charge in [0.2, 0.25) is 0 Å². The molecule has 1 fully saturated rings. The van der Waals surface area contributed by atoms with Crippen LogP contribution < -0.4 is 10.1 Å². The fraction of sp³-hybridized carbons (Fsp3) is 0.600. The van der Waals surface area contributed by atoms with Crippen LogP contribution in [-0.4, -0.2) is 19.2 Å². The van der Waals surface area contributed by atoms with Crippen LogP contribution in [0.2, 0.25) is 0 Å². The van der Waals surface area contributed by atoms with Crippen LogP contribution in [0.5, 0.6) is 5.75 Å². The molecule has 1 aliphatic rings. The Bertz CT molecular complexity index is 327. The van der Waals surface area contributed by atoms with Gasteiger partial charge in [-0.3, -0.25) is 0 Å². The first-order chi connectivity index (χ1) is 8.29. The number of benzene rings is 1. The molecule has 17 heavy (non-hydrogen) atoms. The van der Waals surface area contributed by atoms with Crippen LogP contribution in [0, 0.1) is 0 Å². The molecule has 1 aliphatic heterocycles. The van der Waals surface area contributed by atoms with Gasteiger partial charge in [-0.05, 0) is 49.4 Å². The average molecular weight is 233 g/mol. The molecule has 2 heteroatoms. The van der Waals surface area contributed by atoms with Crippen molar-refractivity contribution in [3.63, 3.8) is 0 Å². The fourth-order valence-electron chi connectivity index (χ4n) is 2.22. The maximum Gasteiger partial charge on any atom is 0.119 e. The highest BCUT2D eigenvalue weighted by atomic mass is 16.5. The molecule has 1 aromatic rings. The Morgan fingerprint density at radius 2 is 2.12 bits per heavy atom. The van der Waals surface area contributed by atoms with Crippen LogP contribution in [0.1, 0.15) is 44.6 Å². The van der Waals surface area contributed by atoms with Crippen molar-refractivity contribution in [2.45, 2.75) is 45.1 Å². The predicted molar refractivity (Wildman–Crippen MR) is 71.7 cm³/mol. The minimum absolute atomic E-state index is 0.346. The van der Waals surface area contributed by atoms with Gasteiger partial charge in [-0.15, -0.1) is 0 Å². The Balaban J connectivity index is 1.93. The minimum Gasteiger partial charge on any atom is -0.489 e. The maximum absolute atomic E-state index is 5.96. The Hall–Kier alpha value is -1.02. The van der Waals surface area contributed by atoms with Crippen LogP contribution in [-0.2, 0) is 0 Å². The van der Waals surface area contributed by atoms with Crippen LogP contribution >= 0.6 is 0 Å². The monoisotopic (exact) mass is 233 g/mol. The van der Waals surface area contributed by atoms with Crippen molar-refractivity contribution in [1.29, 1.82) is 0 Å². The zero-order valence-electron chi connectivity index (χ0n) is 10.9. The second kappa shape index (κ2) is 6.06. The van der Waals surface area contributed by atoms with E-state index in [0.29, 0.717) is 12.0 Å². The highest BCUT2D eigenvalue weighted by Gasteiger charge is 2.14. The molecule has 94 valence electrons. The third-order valence-corrected chi connectivity index (χ3v) is 3.62. The molecule has 0 aromatic heterocycles. The number of ether oxygens (including phenoxy) is 1. The standard InChI is InChI=1S/C15H23NO/c1-3-12(2)13-6-8-14(9-7-13)17-15-5-4-10-16-11-15/h6-9,12,15-16H,3-5,10-11H2,1-2H3/t12-,15-/m1/s1. The van der Waals surface area contributed by atoms with Crippen molar-refractivity contribution in [1.82, 2.24) is 5.32 Å². The normalized spacial score (nSPS) is 22.1. The number of nitrogens with one attached hydrogen (secondary N) is 1. The van der Waals surface area contributed by atoms with Crippen molar-refractivity contribution in [2.75, 3.05) is 13.1 Å². The molecule has 0 amide bonds. The topological polar surface area (TPSA) is 21.3 Å². The summed E-state index contributed by atoms with van der Waals surface area (Å²) in [6, 6.07) is 8.60. The predicted octanol–water partition coefficient (Wildman–Crippen LogP) is 3.33. The van der Waals surface area contributed by atoms with Gasteiger partial charge in [0.1, 0.15) is 11.9 Å². The molecule has 0 aliphatic carbocycles. The number of hydrogen-bond donors (Lipinski definition) is 1. The molecule has 2 atom stereocenters. The zero-order valence-corrected chi connectivity index (χ0v) is 10.9. The summed E-state index contributed by atoms with van der Waals surface area (Å²) in [7, 11) is 0. The largest absolute Gasteiger partial charge is 0.489 e. The van der Waals surface area contributed by atoms with E-state index in [-0.39, 0.29) is 0 Å². The Morgan fingerprint density at radius 3 is 2.71 bits per heavy atom. The zero-order chi connectivity index (χ0) is 12.1. The van der Waals surface area contributed by atoms with E-state index in [0.717, 1.165) is 18.8 Å². The minimum atomic E-state index is 0.346. The van der Waals surface area contributed by atoms with Crippen LogP contribution in [0.4, 0.5) is 0 Å². The molecule has 2 nitrogen and oxygen atoms in total. The summed E-state index contributed by atoms with van der Waals surface area (Å²) < 4.78 is 5.96. The van der Waals surface area contributed by atoms with E-state index in [1.165, 1.54) is 24.8 Å². The maximum atomic E-state index is 5.96.